The maximum Gasteiger partial charge on any atom is 0.330 e. The van der Waals surface area contributed by atoms with Crippen LogP contribution in [0.1, 0.15) is 26.2 Å². The zero-order chi connectivity index (χ0) is 15.2. The van der Waals surface area contributed by atoms with Gasteiger partial charge in [-0.3, -0.25) is 14.3 Å². The van der Waals surface area contributed by atoms with Crippen LogP contribution in [0.2, 0.25) is 5.15 Å². The van der Waals surface area contributed by atoms with Crippen molar-refractivity contribution in [2.24, 2.45) is 0 Å². The van der Waals surface area contributed by atoms with Gasteiger partial charge in [0.1, 0.15) is 11.0 Å². The summed E-state index contributed by atoms with van der Waals surface area (Å²) in [6.07, 6.45) is 2.54. The highest BCUT2D eigenvalue weighted by molar-refractivity contribution is 6.32. The van der Waals surface area contributed by atoms with Gasteiger partial charge in [-0.05, 0) is 43.9 Å². The van der Waals surface area contributed by atoms with E-state index in [1.165, 1.54) is 28.8 Å². The number of halogens is 2. The first kappa shape index (κ1) is 14.1. The molecule has 1 aliphatic rings. The Bertz CT molecular complexity index is 804. The lowest BCUT2D eigenvalue weighted by Gasteiger charge is -2.39. The summed E-state index contributed by atoms with van der Waals surface area (Å²) < 4.78 is 14.3. The van der Waals surface area contributed by atoms with E-state index in [2.05, 4.69) is 4.98 Å². The maximum absolute atomic E-state index is 13.0. The number of aromatic nitrogens is 2. The minimum atomic E-state index is -0.502. The van der Waals surface area contributed by atoms with E-state index in [-0.39, 0.29) is 10.7 Å². The summed E-state index contributed by atoms with van der Waals surface area (Å²) in [5.41, 5.74) is -0.719. The van der Waals surface area contributed by atoms with Gasteiger partial charge in [0, 0.05) is 5.54 Å². The Kier molecular flexibility index (Phi) is 3.24. The van der Waals surface area contributed by atoms with Crippen molar-refractivity contribution in [3.63, 3.8) is 0 Å². The Labute approximate surface area is 125 Å². The molecule has 1 aliphatic carbocycles. The molecule has 0 spiro atoms. The third kappa shape index (κ3) is 2.21. The molecule has 1 fully saturated rings. The van der Waals surface area contributed by atoms with Gasteiger partial charge in [0.25, 0.3) is 5.56 Å². The molecule has 1 heterocycles. The highest BCUT2D eigenvalue weighted by Gasteiger charge is 2.37. The lowest BCUT2D eigenvalue weighted by molar-refractivity contribution is 0.156. The van der Waals surface area contributed by atoms with Crippen LogP contribution in [0, 0.1) is 5.82 Å². The van der Waals surface area contributed by atoms with Gasteiger partial charge in [-0.15, -0.1) is 0 Å². The van der Waals surface area contributed by atoms with Gasteiger partial charge < -0.3 is 0 Å². The first-order valence-electron chi connectivity index (χ1n) is 6.74. The molecule has 0 bridgehead atoms. The smallest absolute Gasteiger partial charge is 0.297 e. The molecule has 3 rings (SSSR count). The molecule has 0 atom stereocenters. The predicted octanol–water partition coefficient (Wildman–Crippen LogP) is 2.90. The molecule has 0 radical (unpaired) electrons. The molecular weight excluding hydrogens is 295 g/mol. The Morgan fingerprint density at radius 1 is 1.24 bits per heavy atom. The largest absolute Gasteiger partial charge is 0.330 e. The van der Waals surface area contributed by atoms with Crippen molar-refractivity contribution in [1.82, 2.24) is 9.55 Å². The van der Waals surface area contributed by atoms with E-state index < -0.39 is 22.6 Å². The Hall–Kier alpha value is -1.88. The molecular formula is C15H14ClFN2O2. The summed E-state index contributed by atoms with van der Waals surface area (Å²) >= 11 is 6.03. The molecule has 6 heteroatoms. The third-order valence-corrected chi connectivity index (χ3v) is 4.44. The van der Waals surface area contributed by atoms with Crippen molar-refractivity contribution in [3.8, 4) is 11.1 Å². The summed E-state index contributed by atoms with van der Waals surface area (Å²) in [4.78, 5) is 27.3. The van der Waals surface area contributed by atoms with Gasteiger partial charge in [-0.25, -0.2) is 9.18 Å². The summed E-state index contributed by atoms with van der Waals surface area (Å²) in [5, 5.41) is -0.0178. The van der Waals surface area contributed by atoms with Crippen molar-refractivity contribution in [3.05, 3.63) is 56.1 Å². The van der Waals surface area contributed by atoms with Crippen LogP contribution < -0.4 is 11.2 Å². The molecule has 0 amide bonds. The van der Waals surface area contributed by atoms with Crippen molar-refractivity contribution < 1.29 is 4.39 Å². The van der Waals surface area contributed by atoms with E-state index >= 15 is 0 Å². The third-order valence-electron chi connectivity index (χ3n) is 4.16. The molecule has 4 nitrogen and oxygen atoms in total. The lowest BCUT2D eigenvalue weighted by atomic mass is 9.78. The zero-order valence-corrected chi connectivity index (χ0v) is 12.2. The molecule has 1 aromatic carbocycles. The van der Waals surface area contributed by atoms with Crippen LogP contribution in [-0.4, -0.2) is 9.55 Å². The summed E-state index contributed by atoms with van der Waals surface area (Å²) in [6.45, 7) is 1.88. The van der Waals surface area contributed by atoms with Crippen LogP contribution in [0.15, 0.2) is 33.9 Å². The fourth-order valence-corrected chi connectivity index (χ4v) is 3.05. The molecule has 0 saturated heterocycles. The molecule has 21 heavy (non-hydrogen) atoms. The number of aromatic amines is 1. The second-order valence-electron chi connectivity index (χ2n) is 5.62. The van der Waals surface area contributed by atoms with E-state index in [1.54, 1.807) is 0 Å². The van der Waals surface area contributed by atoms with E-state index in [1.807, 2.05) is 6.92 Å². The van der Waals surface area contributed by atoms with E-state index in [0.29, 0.717) is 5.56 Å². The van der Waals surface area contributed by atoms with E-state index in [4.69, 9.17) is 11.6 Å². The fourth-order valence-electron chi connectivity index (χ4n) is 2.78. The molecule has 110 valence electrons. The van der Waals surface area contributed by atoms with Gasteiger partial charge >= 0.3 is 5.69 Å². The number of rotatable bonds is 2. The molecule has 1 aromatic heterocycles. The molecule has 1 N–H and O–H groups in total. The number of nitrogens with one attached hydrogen (secondary N) is 1. The summed E-state index contributed by atoms with van der Waals surface area (Å²) in [5.74, 6) is -0.398. The molecule has 1 saturated carbocycles. The van der Waals surface area contributed by atoms with Crippen molar-refractivity contribution in [2.45, 2.75) is 31.7 Å². The average Bonchev–Trinajstić information content (AvgIpc) is 2.38. The highest BCUT2D eigenvalue weighted by Crippen LogP contribution is 2.37. The number of benzene rings is 1. The van der Waals surface area contributed by atoms with Crippen molar-refractivity contribution >= 4 is 11.6 Å². The summed E-state index contributed by atoms with van der Waals surface area (Å²) in [6, 6.07) is 5.46. The Morgan fingerprint density at radius 3 is 2.38 bits per heavy atom. The van der Waals surface area contributed by atoms with Gasteiger partial charge in [-0.1, -0.05) is 23.7 Å². The van der Waals surface area contributed by atoms with Gasteiger partial charge in [0.15, 0.2) is 0 Å². The lowest BCUT2D eigenvalue weighted by Crippen LogP contribution is -2.51. The quantitative estimate of drug-likeness (QED) is 0.867. The van der Waals surface area contributed by atoms with Gasteiger partial charge in [0.05, 0.1) is 5.56 Å². The van der Waals surface area contributed by atoms with E-state index in [9.17, 15) is 14.0 Å². The van der Waals surface area contributed by atoms with Crippen LogP contribution in [0.5, 0.6) is 0 Å². The van der Waals surface area contributed by atoms with E-state index in [0.717, 1.165) is 19.3 Å². The highest BCUT2D eigenvalue weighted by atomic mass is 35.5. The molecule has 0 aliphatic heterocycles. The molecule has 2 aromatic rings. The van der Waals surface area contributed by atoms with Crippen LogP contribution >= 0.6 is 11.6 Å². The zero-order valence-electron chi connectivity index (χ0n) is 11.5. The average molecular weight is 309 g/mol. The van der Waals surface area contributed by atoms with Crippen molar-refractivity contribution in [1.29, 1.82) is 0 Å². The first-order valence-corrected chi connectivity index (χ1v) is 7.11. The second-order valence-corrected chi connectivity index (χ2v) is 6.00. The minimum Gasteiger partial charge on any atom is -0.297 e. The van der Waals surface area contributed by atoms with Crippen LogP contribution in [0.4, 0.5) is 4.39 Å². The SMILES string of the molecule is CC1(n2c(=O)[nH]c(Cl)c(-c3ccc(F)cc3)c2=O)CCC1. The number of nitrogens with zero attached hydrogens (tertiary/aromatic N) is 1. The van der Waals surface area contributed by atoms with Gasteiger partial charge in [0.2, 0.25) is 0 Å². The van der Waals surface area contributed by atoms with Crippen LogP contribution in [0.3, 0.4) is 0 Å². The standard InChI is InChI=1S/C15H14ClFN2O2/c1-15(7-2-8-15)19-13(20)11(12(16)18-14(19)21)9-3-5-10(17)6-4-9/h3-6H,2,7-8H2,1H3,(H,18,21). The second kappa shape index (κ2) is 4.84. The van der Waals surface area contributed by atoms with Crippen molar-refractivity contribution in [2.75, 3.05) is 0 Å². The minimum absolute atomic E-state index is 0.0178. The molecule has 0 unspecified atom stereocenters. The topological polar surface area (TPSA) is 54.9 Å². The maximum atomic E-state index is 13.0. The van der Waals surface area contributed by atoms with Gasteiger partial charge in [-0.2, -0.15) is 0 Å². The van der Waals surface area contributed by atoms with Crippen LogP contribution in [0.25, 0.3) is 11.1 Å². The first-order chi connectivity index (χ1) is 9.92. The normalized spacial score (nSPS) is 16.5. The summed E-state index contributed by atoms with van der Waals surface area (Å²) in [7, 11) is 0. The monoisotopic (exact) mass is 308 g/mol. The number of hydrogen-bond acceptors (Lipinski definition) is 2. The number of H-pyrrole nitrogens is 1. The van der Waals surface area contributed by atoms with Crippen LogP contribution in [-0.2, 0) is 5.54 Å². The predicted molar refractivity (Wildman–Crippen MR) is 79.2 cm³/mol. The fraction of sp³-hybridized carbons (Fsp3) is 0.333. The Morgan fingerprint density at radius 2 is 1.86 bits per heavy atom. The Balaban J connectivity index is 2.27. The number of hydrogen-bond donors (Lipinski definition) is 1.